The monoisotopic (exact) mass is 466 g/mol. The number of nitrogens with one attached hydrogen (secondary N) is 2. The summed E-state index contributed by atoms with van der Waals surface area (Å²) in [5.74, 6) is -0.307. The molecule has 5 nitrogen and oxygen atoms in total. The van der Waals surface area contributed by atoms with E-state index < -0.39 is 29.7 Å². The molecule has 0 spiro atoms. The zero-order chi connectivity index (χ0) is 23.6. The summed E-state index contributed by atoms with van der Waals surface area (Å²) in [7, 11) is 0. The first-order valence-electron chi connectivity index (χ1n) is 9.96. The number of halogens is 4. The minimum absolute atomic E-state index is 0.0506. The van der Waals surface area contributed by atoms with E-state index in [0.717, 1.165) is 0 Å². The van der Waals surface area contributed by atoms with Crippen molar-refractivity contribution in [3.63, 3.8) is 0 Å². The van der Waals surface area contributed by atoms with Gasteiger partial charge in [-0.3, -0.25) is 4.79 Å². The van der Waals surface area contributed by atoms with Gasteiger partial charge in [-0.25, -0.2) is 0 Å². The van der Waals surface area contributed by atoms with E-state index in [0.29, 0.717) is 11.1 Å². The maximum Gasteiger partial charge on any atom is 0.419 e. The summed E-state index contributed by atoms with van der Waals surface area (Å²) in [4.78, 5) is 15.4. The molecule has 0 aliphatic heterocycles. The molecule has 0 amide bonds. The van der Waals surface area contributed by atoms with Crippen LogP contribution in [0.4, 0.5) is 18.9 Å². The number of benzene rings is 2. The predicted molar refractivity (Wildman–Crippen MR) is 117 cm³/mol. The van der Waals surface area contributed by atoms with Crippen molar-refractivity contribution >= 4 is 28.2 Å². The summed E-state index contributed by atoms with van der Waals surface area (Å²) >= 11 is 6.21. The Morgan fingerprint density at radius 1 is 1.25 bits per heavy atom. The lowest BCUT2D eigenvalue weighted by molar-refractivity contribution is -0.275. The number of hydrogen-bond donors (Lipinski definition) is 4. The Balaban J connectivity index is 2.02. The maximum absolute atomic E-state index is 14.3. The summed E-state index contributed by atoms with van der Waals surface area (Å²) < 4.78 is 43.0. The average molecular weight is 467 g/mol. The highest BCUT2D eigenvalue weighted by Gasteiger charge is 2.64. The Kier molecular flexibility index (Phi) is 5.02. The van der Waals surface area contributed by atoms with Crippen LogP contribution in [0.25, 0.3) is 10.9 Å². The van der Waals surface area contributed by atoms with Crippen LogP contribution in [-0.4, -0.2) is 27.0 Å². The van der Waals surface area contributed by atoms with Gasteiger partial charge in [-0.05, 0) is 42.0 Å². The molecule has 1 aromatic heterocycles. The number of rotatable bonds is 2. The van der Waals surface area contributed by atoms with E-state index in [-0.39, 0.29) is 38.4 Å². The largest absolute Gasteiger partial charge is 0.506 e. The van der Waals surface area contributed by atoms with Crippen molar-refractivity contribution in [3.8, 4) is 5.75 Å². The molecule has 1 aliphatic rings. The molecule has 2 unspecified atom stereocenters. The van der Waals surface area contributed by atoms with Crippen LogP contribution >= 0.6 is 11.6 Å². The molecule has 3 aromatic rings. The third-order valence-electron chi connectivity index (χ3n) is 6.20. The van der Waals surface area contributed by atoms with Crippen molar-refractivity contribution in [2.45, 2.75) is 50.4 Å². The normalized spacial score (nSPS) is 22.6. The molecule has 2 aromatic carbocycles. The molecule has 0 fully saturated rings. The number of aryl methyl sites for hydroxylation is 1. The lowest BCUT2D eigenvalue weighted by Gasteiger charge is -2.49. The first kappa shape index (κ1) is 22.5. The molecule has 9 heteroatoms. The number of aromatic nitrogens is 1. The Morgan fingerprint density at radius 2 is 1.94 bits per heavy atom. The topological polar surface area (TPSA) is 85.3 Å². The number of pyridine rings is 1. The fourth-order valence-electron chi connectivity index (χ4n) is 4.83. The molecule has 0 radical (unpaired) electrons. The number of hydrogen-bond acceptors (Lipinski definition) is 4. The van der Waals surface area contributed by atoms with Crippen molar-refractivity contribution < 1.29 is 23.4 Å². The summed E-state index contributed by atoms with van der Waals surface area (Å²) in [5.41, 5.74) is -3.57. The van der Waals surface area contributed by atoms with Crippen LogP contribution in [0.1, 0.15) is 43.0 Å². The third-order valence-corrected chi connectivity index (χ3v) is 6.68. The van der Waals surface area contributed by atoms with Gasteiger partial charge in [0.25, 0.3) is 0 Å². The van der Waals surface area contributed by atoms with E-state index in [9.17, 15) is 28.2 Å². The fraction of sp³-hybridized carbons (Fsp3) is 0.348. The fourth-order valence-corrected chi connectivity index (χ4v) is 4.98. The van der Waals surface area contributed by atoms with E-state index in [1.54, 1.807) is 19.1 Å². The van der Waals surface area contributed by atoms with Gasteiger partial charge in [-0.15, -0.1) is 0 Å². The second kappa shape index (κ2) is 7.15. The van der Waals surface area contributed by atoms with Gasteiger partial charge in [0.2, 0.25) is 0 Å². The first-order chi connectivity index (χ1) is 14.8. The molecule has 0 saturated carbocycles. The van der Waals surface area contributed by atoms with Gasteiger partial charge in [-0.2, -0.15) is 13.2 Å². The summed E-state index contributed by atoms with van der Waals surface area (Å²) in [5, 5.41) is 24.9. The van der Waals surface area contributed by atoms with Crippen molar-refractivity contribution in [2.75, 3.05) is 5.32 Å². The first-order valence-corrected chi connectivity index (χ1v) is 10.3. The molecule has 2 atom stereocenters. The second-order valence-corrected chi connectivity index (χ2v) is 9.33. The summed E-state index contributed by atoms with van der Waals surface area (Å²) in [6.45, 7) is 4.61. The molecular formula is C23H22ClF3N2O3. The van der Waals surface area contributed by atoms with Crippen LogP contribution in [0.2, 0.25) is 5.02 Å². The van der Waals surface area contributed by atoms with Crippen molar-refractivity contribution in [1.82, 2.24) is 4.98 Å². The molecule has 4 rings (SSSR count). The van der Waals surface area contributed by atoms with Crippen LogP contribution in [0.15, 0.2) is 41.3 Å². The molecule has 0 saturated heterocycles. The number of phenolic OH excluding ortho intramolecular Hbond substituents is 1. The van der Waals surface area contributed by atoms with E-state index >= 15 is 0 Å². The SMILES string of the molecule is Cc1cc2c(c(O)c1Cl)C(C)(C)CC(O)(C(F)(F)F)C2Nc1cccc2[nH]ccc(=O)c12. The molecule has 4 N–H and O–H groups in total. The van der Waals surface area contributed by atoms with Gasteiger partial charge in [0, 0.05) is 23.5 Å². The lowest BCUT2D eigenvalue weighted by Crippen LogP contribution is -2.58. The zero-order valence-corrected chi connectivity index (χ0v) is 18.3. The number of H-pyrrole nitrogens is 1. The number of alkyl halides is 3. The standard InChI is InChI=1S/C23H22ClF3N2O3/c1-11-9-12-17(19(31)18(11)24)21(2,3)10-22(32,23(25,26)27)20(12)29-14-6-4-5-13-16(14)15(30)7-8-28-13/h4-9,20,29,31-32H,10H2,1-3H3,(H,28,30). The highest BCUT2D eigenvalue weighted by atomic mass is 35.5. The maximum atomic E-state index is 14.3. The van der Waals surface area contributed by atoms with Crippen molar-refractivity contribution in [3.05, 3.63) is 68.5 Å². The summed E-state index contributed by atoms with van der Waals surface area (Å²) in [6.07, 6.45) is -4.27. The predicted octanol–water partition coefficient (Wildman–Crippen LogP) is 5.32. The zero-order valence-electron chi connectivity index (χ0n) is 17.6. The van der Waals surface area contributed by atoms with Gasteiger partial charge < -0.3 is 20.5 Å². The van der Waals surface area contributed by atoms with E-state index in [4.69, 9.17) is 11.6 Å². The molecule has 0 bridgehead atoms. The quantitative estimate of drug-likeness (QED) is 0.411. The van der Waals surface area contributed by atoms with E-state index in [2.05, 4.69) is 10.3 Å². The highest BCUT2D eigenvalue weighted by Crippen LogP contribution is 2.57. The molecule has 1 heterocycles. The Morgan fingerprint density at radius 3 is 2.59 bits per heavy atom. The van der Waals surface area contributed by atoms with E-state index in [1.165, 1.54) is 38.2 Å². The van der Waals surface area contributed by atoms with Gasteiger partial charge in [0.1, 0.15) is 5.75 Å². The van der Waals surface area contributed by atoms with Crippen LogP contribution in [0.3, 0.4) is 0 Å². The number of aromatic hydroxyl groups is 1. The minimum atomic E-state index is -5.00. The molecular weight excluding hydrogens is 445 g/mol. The Bertz CT molecular complexity index is 1280. The third kappa shape index (κ3) is 3.24. The number of aliphatic hydroxyl groups is 1. The molecule has 1 aliphatic carbocycles. The van der Waals surface area contributed by atoms with Crippen LogP contribution in [0.5, 0.6) is 5.75 Å². The molecule has 32 heavy (non-hydrogen) atoms. The second-order valence-electron chi connectivity index (χ2n) is 8.95. The van der Waals surface area contributed by atoms with Crippen molar-refractivity contribution in [1.29, 1.82) is 0 Å². The highest BCUT2D eigenvalue weighted by molar-refractivity contribution is 6.33. The van der Waals surface area contributed by atoms with Gasteiger partial charge in [0.15, 0.2) is 11.0 Å². The van der Waals surface area contributed by atoms with Crippen LogP contribution in [0, 0.1) is 6.92 Å². The smallest absolute Gasteiger partial charge is 0.419 e. The number of anilines is 1. The van der Waals surface area contributed by atoms with Crippen LogP contribution in [-0.2, 0) is 5.41 Å². The molecule has 170 valence electrons. The lowest BCUT2D eigenvalue weighted by atomic mass is 9.63. The van der Waals surface area contributed by atoms with Crippen molar-refractivity contribution in [2.24, 2.45) is 0 Å². The summed E-state index contributed by atoms with van der Waals surface area (Å²) in [6, 6.07) is 5.73. The Hall–Kier alpha value is -2.71. The average Bonchev–Trinajstić information content (AvgIpc) is 2.67. The number of aromatic amines is 1. The number of fused-ring (bicyclic) bond motifs is 2. The van der Waals surface area contributed by atoms with Gasteiger partial charge in [-0.1, -0.05) is 37.6 Å². The van der Waals surface area contributed by atoms with Gasteiger partial charge >= 0.3 is 6.18 Å². The number of phenols is 1. The van der Waals surface area contributed by atoms with Crippen LogP contribution < -0.4 is 10.7 Å². The van der Waals surface area contributed by atoms with Gasteiger partial charge in [0.05, 0.1) is 22.0 Å². The van der Waals surface area contributed by atoms with E-state index in [1.807, 2.05) is 0 Å². The minimum Gasteiger partial charge on any atom is -0.506 e. The Labute approximate surface area is 186 Å².